The summed E-state index contributed by atoms with van der Waals surface area (Å²) in [5.41, 5.74) is 1.11. The van der Waals surface area contributed by atoms with Crippen LogP contribution in [0.2, 0.25) is 0 Å². The fraction of sp³-hybridized carbons (Fsp3) is 0.650. The molecule has 1 aromatic carbocycles. The summed E-state index contributed by atoms with van der Waals surface area (Å²) >= 11 is 0. The zero-order valence-electron chi connectivity index (χ0n) is 16.0. The molecule has 1 saturated heterocycles. The third kappa shape index (κ3) is 6.33. The Labute approximate surface area is 152 Å². The Kier molecular flexibility index (Phi) is 7.72. The molecule has 1 aliphatic heterocycles. The lowest BCUT2D eigenvalue weighted by molar-refractivity contribution is 0.0923. The molecule has 5 heteroatoms. The summed E-state index contributed by atoms with van der Waals surface area (Å²) < 4.78 is 5.17. The van der Waals surface area contributed by atoms with Gasteiger partial charge in [0.05, 0.1) is 6.61 Å². The predicted octanol–water partition coefficient (Wildman–Crippen LogP) is 3.11. The van der Waals surface area contributed by atoms with Crippen molar-refractivity contribution in [2.45, 2.75) is 45.2 Å². The number of hydrogen-bond donors (Lipinski definition) is 1. The standard InChI is InChI=1S/C20H33N3O2/c1-20(2,23-12-8-5-9-13-23)17-21-19(24)22(14-15-25-3)16-18-10-6-4-7-11-18/h4,6-7,10-11H,5,8-9,12-17H2,1-3H3,(H,21,24). The summed E-state index contributed by atoms with van der Waals surface area (Å²) in [5.74, 6) is 0. The summed E-state index contributed by atoms with van der Waals surface area (Å²) in [7, 11) is 1.66. The molecule has 0 unspecified atom stereocenters. The Balaban J connectivity index is 1.91. The Bertz CT molecular complexity index is 513. The number of rotatable bonds is 8. The second-order valence-corrected chi connectivity index (χ2v) is 7.42. The third-order valence-corrected chi connectivity index (χ3v) is 4.95. The van der Waals surface area contributed by atoms with E-state index in [0.29, 0.717) is 26.2 Å². The number of nitrogens with zero attached hydrogens (tertiary/aromatic N) is 2. The molecule has 1 fully saturated rings. The van der Waals surface area contributed by atoms with Crippen LogP contribution in [0, 0.1) is 0 Å². The smallest absolute Gasteiger partial charge is 0.317 e. The van der Waals surface area contributed by atoms with E-state index >= 15 is 0 Å². The maximum absolute atomic E-state index is 12.7. The number of carbonyl (C=O) groups is 1. The highest BCUT2D eigenvalue weighted by Gasteiger charge is 2.28. The molecule has 0 radical (unpaired) electrons. The van der Waals surface area contributed by atoms with Crippen molar-refractivity contribution < 1.29 is 9.53 Å². The second-order valence-electron chi connectivity index (χ2n) is 7.42. The van der Waals surface area contributed by atoms with Crippen LogP contribution >= 0.6 is 0 Å². The van der Waals surface area contributed by atoms with Crippen molar-refractivity contribution in [1.82, 2.24) is 15.1 Å². The van der Waals surface area contributed by atoms with Crippen molar-refractivity contribution in [3.8, 4) is 0 Å². The van der Waals surface area contributed by atoms with Crippen molar-refractivity contribution in [2.75, 3.05) is 39.9 Å². The number of methoxy groups -OCH3 is 1. The summed E-state index contributed by atoms with van der Waals surface area (Å²) in [6, 6.07) is 10.1. The highest BCUT2D eigenvalue weighted by molar-refractivity contribution is 5.74. The number of carbonyl (C=O) groups excluding carboxylic acids is 1. The lowest BCUT2D eigenvalue weighted by Gasteiger charge is -2.41. The Hall–Kier alpha value is -1.59. The Morgan fingerprint density at radius 1 is 1.20 bits per heavy atom. The first-order valence-corrected chi connectivity index (χ1v) is 9.33. The van der Waals surface area contributed by atoms with Crippen LogP contribution in [0.1, 0.15) is 38.7 Å². The maximum atomic E-state index is 12.7. The molecule has 5 nitrogen and oxygen atoms in total. The van der Waals surface area contributed by atoms with Gasteiger partial charge in [0.15, 0.2) is 0 Å². The summed E-state index contributed by atoms with van der Waals surface area (Å²) in [4.78, 5) is 17.0. The monoisotopic (exact) mass is 347 g/mol. The van der Waals surface area contributed by atoms with Crippen molar-refractivity contribution >= 4 is 6.03 Å². The van der Waals surface area contributed by atoms with Gasteiger partial charge < -0.3 is 15.0 Å². The van der Waals surface area contributed by atoms with Gasteiger partial charge in [0, 0.05) is 32.3 Å². The predicted molar refractivity (Wildman–Crippen MR) is 102 cm³/mol. The van der Waals surface area contributed by atoms with Gasteiger partial charge in [0.1, 0.15) is 0 Å². The van der Waals surface area contributed by atoms with E-state index in [4.69, 9.17) is 4.74 Å². The topological polar surface area (TPSA) is 44.8 Å². The third-order valence-electron chi connectivity index (χ3n) is 4.95. The molecule has 0 atom stereocenters. The van der Waals surface area contributed by atoms with Crippen molar-refractivity contribution in [3.05, 3.63) is 35.9 Å². The van der Waals surface area contributed by atoms with Gasteiger partial charge in [-0.2, -0.15) is 0 Å². The van der Waals surface area contributed by atoms with Crippen LogP contribution in [0.15, 0.2) is 30.3 Å². The molecule has 0 spiro atoms. The highest BCUT2D eigenvalue weighted by Crippen LogP contribution is 2.20. The van der Waals surface area contributed by atoms with Crippen molar-refractivity contribution in [2.24, 2.45) is 0 Å². The van der Waals surface area contributed by atoms with E-state index in [9.17, 15) is 4.79 Å². The average molecular weight is 348 g/mol. The van der Waals surface area contributed by atoms with E-state index < -0.39 is 0 Å². The molecule has 1 aliphatic rings. The molecule has 1 aromatic rings. The number of piperidine rings is 1. The molecular formula is C20H33N3O2. The number of hydrogen-bond acceptors (Lipinski definition) is 3. The van der Waals surface area contributed by atoms with E-state index in [1.165, 1.54) is 19.3 Å². The van der Waals surface area contributed by atoms with Gasteiger partial charge in [-0.15, -0.1) is 0 Å². The normalized spacial score (nSPS) is 15.8. The van der Waals surface area contributed by atoms with Gasteiger partial charge in [-0.1, -0.05) is 36.8 Å². The summed E-state index contributed by atoms with van der Waals surface area (Å²) in [5, 5.41) is 3.14. The summed E-state index contributed by atoms with van der Waals surface area (Å²) in [6.45, 7) is 9.06. The van der Waals surface area contributed by atoms with E-state index in [0.717, 1.165) is 18.7 Å². The van der Waals surface area contributed by atoms with Crippen LogP contribution in [0.5, 0.6) is 0 Å². The molecule has 1 heterocycles. The largest absolute Gasteiger partial charge is 0.383 e. The van der Waals surface area contributed by atoms with Gasteiger partial charge in [-0.3, -0.25) is 4.90 Å². The van der Waals surface area contributed by atoms with Gasteiger partial charge in [0.2, 0.25) is 0 Å². The molecule has 1 N–H and O–H groups in total. The lowest BCUT2D eigenvalue weighted by Crippen LogP contribution is -2.55. The average Bonchev–Trinajstić information content (AvgIpc) is 2.65. The number of likely N-dealkylation sites (tertiary alicyclic amines) is 1. The molecule has 140 valence electrons. The molecule has 2 amide bonds. The van der Waals surface area contributed by atoms with Crippen LogP contribution in [0.4, 0.5) is 4.79 Å². The first-order valence-electron chi connectivity index (χ1n) is 9.33. The Morgan fingerprint density at radius 2 is 1.88 bits per heavy atom. The van der Waals surface area contributed by atoms with Crippen LogP contribution in [0.25, 0.3) is 0 Å². The number of amides is 2. The van der Waals surface area contributed by atoms with Crippen molar-refractivity contribution in [1.29, 1.82) is 0 Å². The fourth-order valence-corrected chi connectivity index (χ4v) is 3.27. The number of benzene rings is 1. The van der Waals surface area contributed by atoms with Gasteiger partial charge in [-0.25, -0.2) is 4.79 Å². The SMILES string of the molecule is COCCN(Cc1ccccc1)C(=O)NCC(C)(C)N1CCCCC1. The summed E-state index contributed by atoms with van der Waals surface area (Å²) in [6.07, 6.45) is 3.83. The van der Waals surface area contributed by atoms with E-state index in [1.54, 1.807) is 7.11 Å². The van der Waals surface area contributed by atoms with Crippen LogP contribution < -0.4 is 5.32 Å². The van der Waals surface area contributed by atoms with Crippen LogP contribution in [0.3, 0.4) is 0 Å². The minimum absolute atomic E-state index is 0.0181. The number of nitrogens with one attached hydrogen (secondary N) is 1. The van der Waals surface area contributed by atoms with E-state index in [2.05, 4.69) is 24.1 Å². The number of urea groups is 1. The molecule has 2 rings (SSSR count). The Morgan fingerprint density at radius 3 is 2.52 bits per heavy atom. The molecular weight excluding hydrogens is 314 g/mol. The minimum Gasteiger partial charge on any atom is -0.383 e. The first-order chi connectivity index (χ1) is 12.0. The van der Waals surface area contributed by atoms with E-state index in [1.807, 2.05) is 35.2 Å². The highest BCUT2D eigenvalue weighted by atomic mass is 16.5. The molecule has 0 saturated carbocycles. The number of ether oxygens (including phenoxy) is 1. The van der Waals surface area contributed by atoms with Gasteiger partial charge in [-0.05, 0) is 45.3 Å². The molecule has 25 heavy (non-hydrogen) atoms. The van der Waals surface area contributed by atoms with Gasteiger partial charge >= 0.3 is 6.03 Å². The molecule has 0 aliphatic carbocycles. The molecule has 0 bridgehead atoms. The van der Waals surface area contributed by atoms with Crippen molar-refractivity contribution in [3.63, 3.8) is 0 Å². The van der Waals surface area contributed by atoms with Crippen LogP contribution in [-0.4, -0.2) is 61.3 Å². The van der Waals surface area contributed by atoms with Gasteiger partial charge in [0.25, 0.3) is 0 Å². The zero-order chi connectivity index (χ0) is 18.1. The lowest BCUT2D eigenvalue weighted by atomic mass is 9.98. The zero-order valence-corrected chi connectivity index (χ0v) is 16.0. The first kappa shape index (κ1) is 19.7. The van der Waals surface area contributed by atoms with Crippen LogP contribution in [-0.2, 0) is 11.3 Å². The maximum Gasteiger partial charge on any atom is 0.317 e. The fourth-order valence-electron chi connectivity index (χ4n) is 3.27. The second kappa shape index (κ2) is 9.78. The van der Waals surface area contributed by atoms with E-state index in [-0.39, 0.29) is 11.6 Å². The quantitative estimate of drug-likeness (QED) is 0.786. The minimum atomic E-state index is -0.0222. The molecule has 0 aromatic heterocycles.